The summed E-state index contributed by atoms with van der Waals surface area (Å²) in [4.78, 5) is 58.4. The number of carbonyl (C=O) groups excluding carboxylic acids is 4. The van der Waals surface area contributed by atoms with E-state index in [4.69, 9.17) is 21.1 Å². The number of hydrogen-bond acceptors (Lipinski definition) is 6. The van der Waals surface area contributed by atoms with Gasteiger partial charge in [0.25, 0.3) is 5.91 Å². The van der Waals surface area contributed by atoms with Crippen molar-refractivity contribution in [2.45, 2.75) is 52.1 Å². The Labute approximate surface area is 270 Å². The van der Waals surface area contributed by atoms with E-state index in [-0.39, 0.29) is 41.9 Å². The van der Waals surface area contributed by atoms with Gasteiger partial charge in [0.05, 0.1) is 17.1 Å². The Morgan fingerprint density at radius 3 is 2.26 bits per heavy atom. The molecule has 15 heteroatoms. The highest BCUT2D eigenvalue weighted by Crippen LogP contribution is 2.31. The van der Waals surface area contributed by atoms with E-state index in [0.29, 0.717) is 37.4 Å². The number of amides is 5. The molecule has 0 radical (unpaired) electrons. The summed E-state index contributed by atoms with van der Waals surface area (Å²) in [6, 6.07) is 9.73. The van der Waals surface area contributed by atoms with Crippen molar-refractivity contribution in [2.24, 2.45) is 0 Å². The Bertz CT molecular complexity index is 1460. The van der Waals surface area contributed by atoms with Crippen LogP contribution in [0.15, 0.2) is 42.5 Å². The van der Waals surface area contributed by atoms with Crippen LogP contribution in [0.1, 0.15) is 43.6 Å². The monoisotopic (exact) mass is 667 g/mol. The molecule has 2 aliphatic heterocycles. The molecule has 250 valence electrons. The molecule has 1 atom stereocenters. The third kappa shape index (κ3) is 8.95. The van der Waals surface area contributed by atoms with Crippen molar-refractivity contribution in [1.82, 2.24) is 20.0 Å². The van der Waals surface area contributed by atoms with E-state index in [2.05, 4.69) is 5.32 Å². The van der Waals surface area contributed by atoms with Crippen molar-refractivity contribution < 1.29 is 41.8 Å². The lowest BCUT2D eigenvalue weighted by molar-refractivity contribution is -0.153. The smallest absolute Gasteiger partial charge is 0.422 e. The molecule has 1 fully saturated rings. The first-order valence-electron chi connectivity index (χ1n) is 14.7. The van der Waals surface area contributed by atoms with Crippen LogP contribution >= 0.6 is 11.6 Å². The van der Waals surface area contributed by atoms with Crippen LogP contribution in [0.5, 0.6) is 5.75 Å². The lowest BCUT2D eigenvalue weighted by atomic mass is 10.1. The van der Waals surface area contributed by atoms with E-state index in [9.17, 15) is 32.3 Å². The van der Waals surface area contributed by atoms with Gasteiger partial charge < -0.3 is 34.4 Å². The molecule has 0 aromatic heterocycles. The lowest BCUT2D eigenvalue weighted by Gasteiger charge is -2.35. The molecule has 1 N–H and O–H groups in total. The fourth-order valence-electron chi connectivity index (χ4n) is 5.07. The van der Waals surface area contributed by atoms with Crippen molar-refractivity contribution in [3.8, 4) is 5.75 Å². The fraction of sp³-hybridized carbons (Fsp3) is 0.484. The Hall–Kier alpha value is -4.20. The van der Waals surface area contributed by atoms with Crippen molar-refractivity contribution in [3.63, 3.8) is 0 Å². The molecule has 1 saturated heterocycles. The van der Waals surface area contributed by atoms with Gasteiger partial charge in [0.1, 0.15) is 11.4 Å². The summed E-state index contributed by atoms with van der Waals surface area (Å²) in [7, 11) is 0. The van der Waals surface area contributed by atoms with Crippen LogP contribution in [0.25, 0.3) is 0 Å². The minimum Gasteiger partial charge on any atom is -0.484 e. The van der Waals surface area contributed by atoms with E-state index in [0.717, 1.165) is 6.07 Å². The van der Waals surface area contributed by atoms with Gasteiger partial charge in [0, 0.05) is 51.0 Å². The van der Waals surface area contributed by atoms with Crippen LogP contribution < -0.4 is 15.0 Å². The number of fused-ring (bicyclic) bond motifs is 1. The SMILES string of the molecule is C[C@@H]1CN(C(=O)c2ccc(OCC(F)(F)F)cc2Cl)c2ccccc2CN1C(=O)NCC(=O)N1CCN(C(=O)OC(C)(C)C)CC1. The first-order chi connectivity index (χ1) is 21.5. The molecule has 11 nitrogen and oxygen atoms in total. The van der Waals surface area contributed by atoms with Crippen molar-refractivity contribution in [2.75, 3.05) is 50.8 Å². The average molecular weight is 668 g/mol. The van der Waals surface area contributed by atoms with Crippen LogP contribution in [0.2, 0.25) is 5.02 Å². The Balaban J connectivity index is 1.39. The van der Waals surface area contributed by atoms with Gasteiger partial charge in [-0.15, -0.1) is 0 Å². The fourth-order valence-corrected chi connectivity index (χ4v) is 5.32. The van der Waals surface area contributed by atoms with Crippen molar-refractivity contribution in [1.29, 1.82) is 0 Å². The third-order valence-electron chi connectivity index (χ3n) is 7.36. The van der Waals surface area contributed by atoms with Crippen molar-refractivity contribution >= 4 is 41.2 Å². The molecule has 0 bridgehead atoms. The highest BCUT2D eigenvalue weighted by molar-refractivity contribution is 6.34. The first kappa shape index (κ1) is 34.7. The van der Waals surface area contributed by atoms with Gasteiger partial charge in [-0.2, -0.15) is 13.2 Å². The zero-order chi connectivity index (χ0) is 33.8. The van der Waals surface area contributed by atoms with Crippen molar-refractivity contribution in [3.05, 3.63) is 58.6 Å². The summed E-state index contributed by atoms with van der Waals surface area (Å²) >= 11 is 6.32. The molecule has 0 saturated carbocycles. The summed E-state index contributed by atoms with van der Waals surface area (Å²) in [5, 5.41) is 2.60. The summed E-state index contributed by atoms with van der Waals surface area (Å²) in [6.45, 7) is 6.81. The number of nitrogens with zero attached hydrogens (tertiary/aromatic N) is 4. The summed E-state index contributed by atoms with van der Waals surface area (Å²) in [6.07, 6.45) is -4.97. The summed E-state index contributed by atoms with van der Waals surface area (Å²) < 4.78 is 47.8. The van der Waals surface area contributed by atoms with Crippen LogP contribution in [0.3, 0.4) is 0 Å². The normalized spacial score (nSPS) is 17.2. The molecule has 2 aromatic rings. The van der Waals surface area contributed by atoms with E-state index >= 15 is 0 Å². The topological polar surface area (TPSA) is 112 Å². The number of halogens is 4. The Morgan fingerprint density at radius 2 is 1.63 bits per heavy atom. The summed E-state index contributed by atoms with van der Waals surface area (Å²) in [5.74, 6) is -0.936. The highest BCUT2D eigenvalue weighted by Gasteiger charge is 2.34. The number of nitrogens with one attached hydrogen (secondary N) is 1. The molecule has 2 heterocycles. The quantitative estimate of drug-likeness (QED) is 0.485. The molecular weight excluding hydrogens is 631 g/mol. The second-order valence-electron chi connectivity index (χ2n) is 12.1. The summed E-state index contributed by atoms with van der Waals surface area (Å²) in [5.41, 5.74) is 0.640. The number of hydrogen-bond donors (Lipinski definition) is 1. The van der Waals surface area contributed by atoms with Gasteiger partial charge in [-0.1, -0.05) is 29.8 Å². The Morgan fingerprint density at radius 1 is 0.978 bits per heavy atom. The molecule has 2 aromatic carbocycles. The molecule has 0 aliphatic carbocycles. The third-order valence-corrected chi connectivity index (χ3v) is 7.67. The first-order valence-corrected chi connectivity index (χ1v) is 15.1. The molecule has 0 spiro atoms. The van der Waals surface area contributed by atoms with E-state index in [1.807, 2.05) is 0 Å². The standard InChI is InChI=1S/C31H37ClF3N5O6/c1-20-17-40(27(42)23-10-9-22(15-24(23)32)45-19-31(33,34)35)25-8-6-5-7-21(25)18-39(20)28(43)36-16-26(41)37-11-13-38(14-12-37)29(44)46-30(2,3)4/h5-10,15,20H,11-14,16-19H2,1-4H3,(H,36,43)/t20-/m1/s1. The maximum Gasteiger partial charge on any atom is 0.422 e. The number of urea groups is 1. The van der Waals surface area contributed by atoms with Crippen LogP contribution in [-0.4, -0.2) is 102 Å². The molecule has 4 rings (SSSR count). The van der Waals surface area contributed by atoms with E-state index in [1.165, 1.54) is 21.9 Å². The van der Waals surface area contributed by atoms with Gasteiger partial charge in [0.15, 0.2) is 6.61 Å². The predicted octanol–water partition coefficient (Wildman–Crippen LogP) is 4.92. The van der Waals surface area contributed by atoms with Crippen LogP contribution in [-0.2, 0) is 16.1 Å². The van der Waals surface area contributed by atoms with Gasteiger partial charge >= 0.3 is 18.3 Å². The largest absolute Gasteiger partial charge is 0.484 e. The van der Waals surface area contributed by atoms with Gasteiger partial charge in [-0.25, -0.2) is 9.59 Å². The van der Waals surface area contributed by atoms with Gasteiger partial charge in [-0.3, -0.25) is 9.59 Å². The van der Waals surface area contributed by atoms with Crippen LogP contribution in [0, 0.1) is 0 Å². The minimum atomic E-state index is -4.53. The minimum absolute atomic E-state index is 0.0540. The van der Waals surface area contributed by atoms with E-state index < -0.39 is 42.5 Å². The number of rotatable bonds is 5. The molecular formula is C31H37ClF3N5O6. The second-order valence-corrected chi connectivity index (χ2v) is 12.5. The van der Waals surface area contributed by atoms with E-state index in [1.54, 1.807) is 61.8 Å². The second kappa shape index (κ2) is 14.1. The molecule has 5 amide bonds. The number of para-hydroxylation sites is 1. The number of anilines is 1. The lowest BCUT2D eigenvalue weighted by Crippen LogP contribution is -2.54. The zero-order valence-electron chi connectivity index (χ0n) is 26.0. The molecule has 46 heavy (non-hydrogen) atoms. The average Bonchev–Trinajstić information content (AvgIpc) is 3.13. The maximum atomic E-state index is 13.7. The zero-order valence-corrected chi connectivity index (χ0v) is 26.8. The van der Waals surface area contributed by atoms with Gasteiger partial charge in [-0.05, 0) is 57.5 Å². The Kier molecular flexibility index (Phi) is 10.6. The number of alkyl halides is 3. The van der Waals surface area contributed by atoms with Gasteiger partial charge in [0.2, 0.25) is 5.91 Å². The highest BCUT2D eigenvalue weighted by atomic mass is 35.5. The predicted molar refractivity (Wildman–Crippen MR) is 164 cm³/mol. The number of ether oxygens (including phenoxy) is 2. The van der Waals surface area contributed by atoms with Crippen LogP contribution in [0.4, 0.5) is 28.4 Å². The molecule has 0 unspecified atom stereocenters. The number of piperazine rings is 1. The number of carbonyl (C=O) groups is 4. The molecule has 2 aliphatic rings. The number of benzene rings is 2. The maximum absolute atomic E-state index is 13.7.